The van der Waals surface area contributed by atoms with E-state index in [-0.39, 0.29) is 6.03 Å². The lowest BCUT2D eigenvalue weighted by Crippen LogP contribution is -2.35. The van der Waals surface area contributed by atoms with Crippen LogP contribution in [0.4, 0.5) is 10.5 Å². The zero-order valence-corrected chi connectivity index (χ0v) is 19.6. The quantitative estimate of drug-likeness (QED) is 0.596. The van der Waals surface area contributed by atoms with Crippen molar-refractivity contribution >= 4 is 35.4 Å². The van der Waals surface area contributed by atoms with Crippen LogP contribution in [-0.2, 0) is 25.7 Å². The van der Waals surface area contributed by atoms with Gasteiger partial charge in [-0.2, -0.15) is 11.8 Å². The van der Waals surface area contributed by atoms with Crippen LogP contribution < -0.4 is 10.0 Å². The van der Waals surface area contributed by atoms with Crippen molar-refractivity contribution in [2.75, 3.05) is 29.9 Å². The molecule has 0 bridgehead atoms. The molecule has 0 radical (unpaired) electrons. The van der Waals surface area contributed by atoms with E-state index < -0.39 is 0 Å². The number of thioether (sulfide) groups is 1. The van der Waals surface area contributed by atoms with Gasteiger partial charge in [0.2, 0.25) is 0 Å². The molecule has 1 aromatic rings. The first kappa shape index (κ1) is 22.1. The van der Waals surface area contributed by atoms with Gasteiger partial charge in [-0.05, 0) is 128 Å². The number of carbonyl (C=O) groups is 1. The monoisotopic (exact) mass is 445 g/mol. The molecule has 164 valence electrons. The van der Waals surface area contributed by atoms with Gasteiger partial charge in [-0.15, -0.1) is 0 Å². The van der Waals surface area contributed by atoms with Gasteiger partial charge in [0, 0.05) is 11.7 Å². The maximum Gasteiger partial charge on any atom is 0.329 e. The topological polar surface area (TPSA) is 44.4 Å². The Hall–Kier alpha value is -1.11. The van der Waals surface area contributed by atoms with Crippen LogP contribution in [0.2, 0.25) is 0 Å². The van der Waals surface area contributed by atoms with Crippen molar-refractivity contribution in [2.24, 2.45) is 0 Å². The highest BCUT2D eigenvalue weighted by molar-refractivity contribution is 8.00. The van der Waals surface area contributed by atoms with Crippen molar-refractivity contribution in [2.45, 2.75) is 70.3 Å². The molecule has 1 aromatic carbocycles. The number of benzene rings is 1. The maximum absolute atomic E-state index is 11.9. The standard InChI is InChI=1S/C15H18N2OS.C9H17NS/c1-2-19-17-15(18)16-14-12-7-3-5-10(12)9-11-6-4-8-13(11)14;1-2-6-10(5-1)9-3-7-11-8-4-9/h2,9H,1,3-8H2,(H2,16,17,18);9H,1-8H2. The fourth-order valence-corrected chi connectivity index (χ4v) is 6.68. The van der Waals surface area contributed by atoms with Crippen molar-refractivity contribution in [3.8, 4) is 0 Å². The summed E-state index contributed by atoms with van der Waals surface area (Å²) >= 11 is 3.33. The molecule has 2 N–H and O–H groups in total. The molecule has 30 heavy (non-hydrogen) atoms. The van der Waals surface area contributed by atoms with Crippen molar-refractivity contribution in [3.63, 3.8) is 0 Å². The minimum atomic E-state index is -0.153. The number of urea groups is 1. The second-order valence-corrected chi connectivity index (χ2v) is 10.7. The summed E-state index contributed by atoms with van der Waals surface area (Å²) in [5.74, 6) is 2.81. The summed E-state index contributed by atoms with van der Waals surface area (Å²) in [6, 6.07) is 3.17. The van der Waals surface area contributed by atoms with Gasteiger partial charge < -0.3 is 10.2 Å². The zero-order chi connectivity index (χ0) is 20.8. The van der Waals surface area contributed by atoms with Crippen LogP contribution in [-0.4, -0.2) is 41.6 Å². The molecule has 2 aliphatic carbocycles. The summed E-state index contributed by atoms with van der Waals surface area (Å²) < 4.78 is 2.71. The number of fused-ring (bicyclic) bond motifs is 2. The lowest BCUT2D eigenvalue weighted by atomic mass is 9.99. The Morgan fingerprint density at radius 2 is 1.67 bits per heavy atom. The molecule has 4 aliphatic rings. The van der Waals surface area contributed by atoms with E-state index in [1.165, 1.54) is 97.3 Å². The number of nitrogens with zero attached hydrogens (tertiary/aromatic N) is 1. The number of hydrogen-bond acceptors (Lipinski definition) is 4. The molecule has 0 unspecified atom stereocenters. The largest absolute Gasteiger partial charge is 0.329 e. The summed E-state index contributed by atoms with van der Waals surface area (Å²) in [5.41, 5.74) is 6.68. The molecule has 0 aromatic heterocycles. The first-order valence-corrected chi connectivity index (χ1v) is 13.6. The Morgan fingerprint density at radius 3 is 2.27 bits per heavy atom. The molecule has 0 atom stereocenters. The first-order chi connectivity index (χ1) is 14.8. The van der Waals surface area contributed by atoms with Crippen LogP contribution in [0.3, 0.4) is 0 Å². The number of hydrogen-bond donors (Lipinski definition) is 2. The Kier molecular flexibility index (Phi) is 8.07. The number of amides is 2. The predicted molar refractivity (Wildman–Crippen MR) is 132 cm³/mol. The zero-order valence-electron chi connectivity index (χ0n) is 18.0. The molecule has 2 amide bonds. The van der Waals surface area contributed by atoms with Gasteiger partial charge in [0.25, 0.3) is 0 Å². The fraction of sp³-hybridized carbons (Fsp3) is 0.625. The van der Waals surface area contributed by atoms with Crippen LogP contribution in [0, 0.1) is 0 Å². The van der Waals surface area contributed by atoms with E-state index >= 15 is 0 Å². The predicted octanol–water partition coefficient (Wildman–Crippen LogP) is 5.56. The Labute approximate surface area is 190 Å². The molecule has 2 saturated heterocycles. The molecular formula is C24H35N3OS2. The first-order valence-electron chi connectivity index (χ1n) is 11.6. The molecule has 2 aliphatic heterocycles. The second kappa shape index (κ2) is 11.0. The molecule has 2 heterocycles. The van der Waals surface area contributed by atoms with Gasteiger partial charge in [-0.3, -0.25) is 4.72 Å². The SMILES string of the molecule is C1CCN(C2CCSCC2)C1.C=CSNC(=O)Nc1c2c(cc3c1CCC3)CCC2. The van der Waals surface area contributed by atoms with Crippen LogP contribution in [0.5, 0.6) is 0 Å². The minimum Gasteiger partial charge on any atom is -0.307 e. The summed E-state index contributed by atoms with van der Waals surface area (Å²) in [6.45, 7) is 6.34. The van der Waals surface area contributed by atoms with E-state index in [1.807, 2.05) is 0 Å². The summed E-state index contributed by atoms with van der Waals surface area (Å²) in [7, 11) is 0. The van der Waals surface area contributed by atoms with Gasteiger partial charge >= 0.3 is 6.03 Å². The van der Waals surface area contributed by atoms with E-state index in [0.717, 1.165) is 37.4 Å². The van der Waals surface area contributed by atoms with E-state index in [4.69, 9.17) is 0 Å². The average Bonchev–Trinajstić information content (AvgIpc) is 3.54. The Morgan fingerprint density at radius 1 is 1.03 bits per heavy atom. The molecular weight excluding hydrogens is 410 g/mol. The number of aryl methyl sites for hydroxylation is 2. The molecule has 5 rings (SSSR count). The van der Waals surface area contributed by atoms with Gasteiger partial charge in [-0.1, -0.05) is 12.6 Å². The number of carbonyl (C=O) groups excluding carboxylic acids is 1. The third kappa shape index (κ3) is 5.38. The van der Waals surface area contributed by atoms with Crippen molar-refractivity contribution < 1.29 is 4.79 Å². The lowest BCUT2D eigenvalue weighted by Gasteiger charge is -2.30. The van der Waals surface area contributed by atoms with Gasteiger partial charge in [0.1, 0.15) is 0 Å². The lowest BCUT2D eigenvalue weighted by molar-refractivity contribution is 0.230. The highest BCUT2D eigenvalue weighted by Crippen LogP contribution is 2.38. The normalized spacial score (nSPS) is 20.8. The number of likely N-dealkylation sites (tertiary alicyclic amines) is 1. The van der Waals surface area contributed by atoms with Crippen molar-refractivity contribution in [1.29, 1.82) is 0 Å². The van der Waals surface area contributed by atoms with Crippen LogP contribution in [0.1, 0.15) is 60.8 Å². The number of anilines is 1. The second-order valence-electron chi connectivity index (χ2n) is 8.66. The molecule has 4 nitrogen and oxygen atoms in total. The molecule has 0 spiro atoms. The Bertz CT molecular complexity index is 723. The molecule has 6 heteroatoms. The third-order valence-corrected chi connectivity index (χ3v) is 8.31. The van der Waals surface area contributed by atoms with Gasteiger partial charge in [0.05, 0.1) is 0 Å². The van der Waals surface area contributed by atoms with E-state index in [0.29, 0.717) is 0 Å². The maximum atomic E-state index is 11.9. The number of rotatable bonds is 4. The average molecular weight is 446 g/mol. The summed E-state index contributed by atoms with van der Waals surface area (Å²) in [4.78, 5) is 14.6. The van der Waals surface area contributed by atoms with Crippen molar-refractivity contribution in [3.05, 3.63) is 40.3 Å². The van der Waals surface area contributed by atoms with Crippen LogP contribution >= 0.6 is 23.7 Å². The van der Waals surface area contributed by atoms with E-state index in [1.54, 1.807) is 5.41 Å². The van der Waals surface area contributed by atoms with E-state index in [2.05, 4.69) is 39.3 Å². The van der Waals surface area contributed by atoms with Gasteiger partial charge in [0.15, 0.2) is 0 Å². The smallest absolute Gasteiger partial charge is 0.307 e. The Balaban J connectivity index is 0.000000168. The fourth-order valence-electron chi connectivity index (χ4n) is 5.36. The molecule has 0 saturated carbocycles. The minimum absolute atomic E-state index is 0.153. The van der Waals surface area contributed by atoms with Crippen LogP contribution in [0.25, 0.3) is 0 Å². The van der Waals surface area contributed by atoms with E-state index in [9.17, 15) is 4.79 Å². The third-order valence-electron chi connectivity index (χ3n) is 6.79. The highest BCUT2D eigenvalue weighted by atomic mass is 32.2. The van der Waals surface area contributed by atoms with Gasteiger partial charge in [-0.25, -0.2) is 4.79 Å². The highest BCUT2D eigenvalue weighted by Gasteiger charge is 2.25. The molecule has 2 fully saturated rings. The summed E-state index contributed by atoms with van der Waals surface area (Å²) in [5, 5.41) is 4.67. The van der Waals surface area contributed by atoms with Crippen molar-refractivity contribution in [1.82, 2.24) is 9.62 Å². The number of nitrogens with one attached hydrogen (secondary N) is 2. The summed E-state index contributed by atoms with van der Waals surface area (Å²) in [6.07, 6.45) is 12.7. The van der Waals surface area contributed by atoms with Crippen LogP contribution in [0.15, 0.2) is 18.1 Å².